The molecule has 1 aliphatic rings. The van der Waals surface area contributed by atoms with Gasteiger partial charge in [0.25, 0.3) is 5.56 Å². The molecule has 0 amide bonds. The molecule has 27 heavy (non-hydrogen) atoms. The second kappa shape index (κ2) is 7.59. The van der Waals surface area contributed by atoms with Gasteiger partial charge >= 0.3 is 0 Å². The average Bonchev–Trinajstić information content (AvgIpc) is 2.60. The Morgan fingerprint density at radius 3 is 2.70 bits per heavy atom. The Morgan fingerprint density at radius 1 is 1.37 bits per heavy atom. The maximum Gasteiger partial charge on any atom is 0.258 e. The van der Waals surface area contributed by atoms with Crippen LogP contribution in [0.15, 0.2) is 51.1 Å². The molecule has 2 heterocycles. The number of nitrogens with two attached hydrogens (primary N) is 1. The lowest BCUT2D eigenvalue weighted by Gasteiger charge is -2.28. The summed E-state index contributed by atoms with van der Waals surface area (Å²) in [4.78, 5) is 15.4. The van der Waals surface area contributed by atoms with Crippen molar-refractivity contribution in [3.8, 4) is 11.8 Å². The Labute approximate surface area is 166 Å². The first kappa shape index (κ1) is 19.2. The zero-order chi connectivity index (χ0) is 19.7. The molecule has 2 N–H and O–H groups in total. The lowest BCUT2D eigenvalue weighted by atomic mass is 9.84. The Kier molecular flexibility index (Phi) is 5.40. The molecule has 1 aliphatic heterocycles. The summed E-state index contributed by atoms with van der Waals surface area (Å²) in [5.41, 5.74) is 8.15. The second-order valence-corrected chi connectivity index (χ2v) is 7.62. The molecule has 3 rings (SSSR count). The molecular weight excluding hydrogens is 408 g/mol. The number of hydrogen-bond acceptors (Lipinski definition) is 5. The number of hydrogen-bond donors (Lipinski definition) is 1. The van der Waals surface area contributed by atoms with Gasteiger partial charge in [-0.25, -0.2) is 0 Å². The number of fused-ring (bicyclic) bond motifs is 1. The fraction of sp³-hybridized carbons (Fsp3) is 0.300. The lowest BCUT2D eigenvalue weighted by Crippen LogP contribution is -2.34. The first-order valence-electron chi connectivity index (χ1n) is 8.56. The summed E-state index contributed by atoms with van der Waals surface area (Å²) in [5, 5.41) is 9.70. The van der Waals surface area contributed by atoms with E-state index in [0.717, 1.165) is 22.3 Å². The van der Waals surface area contributed by atoms with E-state index in [9.17, 15) is 10.1 Å². The van der Waals surface area contributed by atoms with Crippen molar-refractivity contribution in [2.45, 2.75) is 19.4 Å². The van der Waals surface area contributed by atoms with Crippen LogP contribution in [0.2, 0.25) is 0 Å². The molecule has 1 atom stereocenters. The van der Waals surface area contributed by atoms with Crippen LogP contribution in [0.1, 0.15) is 22.7 Å². The van der Waals surface area contributed by atoms with Gasteiger partial charge in [-0.3, -0.25) is 4.79 Å². The number of nitriles is 1. The van der Waals surface area contributed by atoms with Crippen molar-refractivity contribution in [2.24, 2.45) is 5.73 Å². The molecule has 0 saturated heterocycles. The molecule has 0 spiro atoms. The Bertz CT molecular complexity index is 1020. The molecule has 0 aliphatic carbocycles. The lowest BCUT2D eigenvalue weighted by molar-refractivity contribution is 0.369. The molecule has 6 nitrogen and oxygen atoms in total. The molecule has 0 unspecified atom stereocenters. The van der Waals surface area contributed by atoms with Crippen LogP contribution < -0.4 is 16.0 Å². The summed E-state index contributed by atoms with van der Waals surface area (Å²) < 4.78 is 8.20. The van der Waals surface area contributed by atoms with Crippen molar-refractivity contribution in [3.05, 3.63) is 73.4 Å². The quantitative estimate of drug-likeness (QED) is 0.808. The SMILES string of the molecule is Cc1cc2c(c(=O)n1CCN(C)C)[C@H](c1ccccc1Br)C(C#N)=C(N)O2. The number of nitrogens with zero attached hydrogens (tertiary/aromatic N) is 3. The molecule has 140 valence electrons. The summed E-state index contributed by atoms with van der Waals surface area (Å²) in [6, 6.07) is 11.5. The van der Waals surface area contributed by atoms with E-state index in [1.165, 1.54) is 0 Å². The van der Waals surface area contributed by atoms with Gasteiger partial charge in [0.1, 0.15) is 17.4 Å². The summed E-state index contributed by atoms with van der Waals surface area (Å²) in [6.07, 6.45) is 0. The predicted molar refractivity (Wildman–Crippen MR) is 107 cm³/mol. The third-order valence-corrected chi connectivity index (χ3v) is 5.40. The van der Waals surface area contributed by atoms with Crippen LogP contribution in [-0.4, -0.2) is 30.1 Å². The Balaban J connectivity index is 2.26. The van der Waals surface area contributed by atoms with Crippen molar-refractivity contribution in [2.75, 3.05) is 20.6 Å². The topological polar surface area (TPSA) is 84.3 Å². The smallest absolute Gasteiger partial charge is 0.258 e. The number of aromatic nitrogens is 1. The van der Waals surface area contributed by atoms with Crippen molar-refractivity contribution < 1.29 is 4.74 Å². The van der Waals surface area contributed by atoms with E-state index >= 15 is 0 Å². The van der Waals surface area contributed by atoms with E-state index in [1.54, 1.807) is 4.57 Å². The highest BCUT2D eigenvalue weighted by Gasteiger charge is 2.35. The predicted octanol–water partition coefficient (Wildman–Crippen LogP) is 2.70. The highest BCUT2D eigenvalue weighted by atomic mass is 79.9. The van der Waals surface area contributed by atoms with Gasteiger partial charge in [-0.15, -0.1) is 0 Å². The summed E-state index contributed by atoms with van der Waals surface area (Å²) in [7, 11) is 3.92. The molecule has 0 fully saturated rings. The largest absolute Gasteiger partial charge is 0.440 e. The highest BCUT2D eigenvalue weighted by Crippen LogP contribution is 2.42. The zero-order valence-electron chi connectivity index (χ0n) is 15.5. The van der Waals surface area contributed by atoms with Crippen molar-refractivity contribution in [1.29, 1.82) is 5.26 Å². The summed E-state index contributed by atoms with van der Waals surface area (Å²) in [6.45, 7) is 3.14. The molecule has 7 heteroatoms. The number of likely N-dealkylation sites (N-methyl/N-ethyl adjacent to an activating group) is 1. The van der Waals surface area contributed by atoms with Gasteiger partial charge in [0.05, 0.1) is 11.5 Å². The van der Waals surface area contributed by atoms with E-state index < -0.39 is 5.92 Å². The van der Waals surface area contributed by atoms with E-state index in [4.69, 9.17) is 10.5 Å². The van der Waals surface area contributed by atoms with Crippen LogP contribution in [0, 0.1) is 18.3 Å². The number of aryl methyl sites for hydroxylation is 1. The molecule has 1 aromatic carbocycles. The normalized spacial score (nSPS) is 16.1. The Morgan fingerprint density at radius 2 is 2.07 bits per heavy atom. The summed E-state index contributed by atoms with van der Waals surface area (Å²) in [5.74, 6) is -0.125. The van der Waals surface area contributed by atoms with Crippen LogP contribution >= 0.6 is 15.9 Å². The third-order valence-electron chi connectivity index (χ3n) is 4.68. The van der Waals surface area contributed by atoms with Gasteiger partial charge in [0.15, 0.2) is 0 Å². The fourth-order valence-corrected chi connectivity index (χ4v) is 3.80. The number of rotatable bonds is 4. The van der Waals surface area contributed by atoms with Gasteiger partial charge in [-0.05, 0) is 32.6 Å². The number of benzene rings is 1. The minimum atomic E-state index is -0.576. The van der Waals surface area contributed by atoms with Crippen LogP contribution in [0.4, 0.5) is 0 Å². The third kappa shape index (κ3) is 3.51. The van der Waals surface area contributed by atoms with E-state index in [1.807, 2.05) is 56.3 Å². The van der Waals surface area contributed by atoms with Gasteiger partial charge in [0.2, 0.25) is 5.88 Å². The highest BCUT2D eigenvalue weighted by molar-refractivity contribution is 9.10. The number of pyridine rings is 1. The number of halogens is 1. The van der Waals surface area contributed by atoms with Crippen LogP contribution in [0.3, 0.4) is 0 Å². The molecule has 0 saturated carbocycles. The first-order chi connectivity index (χ1) is 12.8. The van der Waals surface area contributed by atoms with E-state index in [-0.39, 0.29) is 17.0 Å². The van der Waals surface area contributed by atoms with Gasteiger partial charge in [-0.1, -0.05) is 34.1 Å². The molecule has 1 aromatic heterocycles. The van der Waals surface area contributed by atoms with E-state index in [0.29, 0.717) is 17.9 Å². The maximum atomic E-state index is 13.4. The van der Waals surface area contributed by atoms with Crippen molar-refractivity contribution in [3.63, 3.8) is 0 Å². The van der Waals surface area contributed by atoms with Gasteiger partial charge < -0.3 is 19.9 Å². The van der Waals surface area contributed by atoms with Gasteiger partial charge in [0, 0.05) is 29.3 Å². The van der Waals surface area contributed by atoms with E-state index in [2.05, 4.69) is 22.0 Å². The minimum absolute atomic E-state index is 0.0376. The second-order valence-electron chi connectivity index (χ2n) is 6.77. The first-order valence-corrected chi connectivity index (χ1v) is 9.35. The average molecular weight is 429 g/mol. The minimum Gasteiger partial charge on any atom is -0.440 e. The van der Waals surface area contributed by atoms with Gasteiger partial charge in [-0.2, -0.15) is 5.26 Å². The molecule has 2 aromatic rings. The monoisotopic (exact) mass is 428 g/mol. The number of ether oxygens (including phenoxy) is 1. The van der Waals surface area contributed by atoms with Crippen LogP contribution in [0.5, 0.6) is 5.75 Å². The molecule has 0 radical (unpaired) electrons. The maximum absolute atomic E-state index is 13.4. The Hall–Kier alpha value is -2.56. The van der Waals surface area contributed by atoms with Crippen LogP contribution in [-0.2, 0) is 6.54 Å². The van der Waals surface area contributed by atoms with Crippen molar-refractivity contribution in [1.82, 2.24) is 9.47 Å². The van der Waals surface area contributed by atoms with Crippen LogP contribution in [0.25, 0.3) is 0 Å². The molecular formula is C20H21BrN4O2. The summed E-state index contributed by atoms with van der Waals surface area (Å²) >= 11 is 3.54. The zero-order valence-corrected chi connectivity index (χ0v) is 17.1. The fourth-order valence-electron chi connectivity index (χ4n) is 3.28. The number of allylic oxidation sites excluding steroid dienone is 1. The molecule has 0 bridgehead atoms. The standard InChI is InChI=1S/C20H21BrN4O2/c1-12-10-16-18(20(26)25(12)9-8-24(2)3)17(14(11-22)19(23)27-16)13-6-4-5-7-15(13)21/h4-7,10,17H,8-9,23H2,1-3H3/t17-/m1/s1. The van der Waals surface area contributed by atoms with Crippen molar-refractivity contribution >= 4 is 15.9 Å².